The average Bonchev–Trinajstić information content (AvgIpc) is 2.73. The smallest absolute Gasteiger partial charge is 0.165 e. The highest BCUT2D eigenvalue weighted by Gasteiger charge is 2.22. The third kappa shape index (κ3) is 5.15. The molecule has 0 bridgehead atoms. The van der Waals surface area contributed by atoms with Crippen LogP contribution < -0.4 is 19.5 Å². The highest BCUT2D eigenvalue weighted by molar-refractivity contribution is 5.46. The Morgan fingerprint density at radius 1 is 0.963 bits per heavy atom. The predicted molar refractivity (Wildman–Crippen MR) is 104 cm³/mol. The van der Waals surface area contributed by atoms with Crippen LogP contribution in [0.5, 0.6) is 17.2 Å². The van der Waals surface area contributed by atoms with Crippen LogP contribution in [0.4, 0.5) is 0 Å². The summed E-state index contributed by atoms with van der Waals surface area (Å²) in [6.07, 6.45) is 2.29. The van der Waals surface area contributed by atoms with Crippen LogP contribution in [-0.2, 0) is 11.3 Å². The number of benzene rings is 2. The van der Waals surface area contributed by atoms with Crippen LogP contribution in [0.3, 0.4) is 0 Å². The van der Waals surface area contributed by atoms with Gasteiger partial charge in [0.15, 0.2) is 11.5 Å². The van der Waals surface area contributed by atoms with Crippen LogP contribution in [0.15, 0.2) is 48.5 Å². The normalized spacial score (nSPS) is 19.6. The van der Waals surface area contributed by atoms with E-state index in [1.54, 1.807) is 0 Å². The van der Waals surface area contributed by atoms with E-state index in [-0.39, 0.29) is 6.10 Å². The lowest BCUT2D eigenvalue weighted by molar-refractivity contribution is 0.0617. The number of fused-ring (bicyclic) bond motifs is 1. The van der Waals surface area contributed by atoms with Gasteiger partial charge in [0.2, 0.25) is 0 Å². The molecule has 2 aromatic rings. The molecule has 27 heavy (non-hydrogen) atoms. The van der Waals surface area contributed by atoms with Crippen molar-refractivity contribution >= 4 is 0 Å². The number of hydrogen-bond donors (Lipinski definition) is 1. The minimum absolute atomic E-state index is 0.0155. The Morgan fingerprint density at radius 2 is 1.81 bits per heavy atom. The van der Waals surface area contributed by atoms with E-state index in [1.807, 2.05) is 36.4 Å². The topological polar surface area (TPSA) is 49.0 Å². The van der Waals surface area contributed by atoms with Gasteiger partial charge in [-0.2, -0.15) is 0 Å². The van der Waals surface area contributed by atoms with Crippen molar-refractivity contribution in [3.8, 4) is 17.2 Å². The van der Waals surface area contributed by atoms with Gasteiger partial charge in [0, 0.05) is 25.8 Å². The van der Waals surface area contributed by atoms with E-state index in [2.05, 4.69) is 17.4 Å². The van der Waals surface area contributed by atoms with E-state index in [0.717, 1.165) is 62.0 Å². The first-order valence-corrected chi connectivity index (χ1v) is 9.75. The maximum absolute atomic E-state index is 6.12. The Morgan fingerprint density at radius 3 is 2.67 bits per heavy atom. The Labute approximate surface area is 160 Å². The molecule has 2 aliphatic rings. The highest BCUT2D eigenvalue weighted by atomic mass is 16.6. The van der Waals surface area contributed by atoms with Crippen LogP contribution in [0, 0.1) is 5.92 Å². The molecule has 1 saturated heterocycles. The standard InChI is InChI=1S/C22H27NO4/c1-2-4-18(5-3-1)15-25-19-6-7-21-22(12-19)27-20(16-26-21)14-23-13-17-8-10-24-11-9-17/h1-7,12,17,20,23H,8-11,13-16H2. The van der Waals surface area contributed by atoms with Crippen molar-refractivity contribution in [3.05, 3.63) is 54.1 Å². The van der Waals surface area contributed by atoms with E-state index >= 15 is 0 Å². The molecule has 4 rings (SSSR count). The molecule has 2 heterocycles. The third-order valence-electron chi connectivity index (χ3n) is 5.03. The number of rotatable bonds is 7. The second-order valence-electron chi connectivity index (χ2n) is 7.15. The Hall–Kier alpha value is -2.24. The Balaban J connectivity index is 1.27. The maximum Gasteiger partial charge on any atom is 0.165 e. The molecule has 0 aromatic heterocycles. The van der Waals surface area contributed by atoms with Gasteiger partial charge in [-0.25, -0.2) is 0 Å². The second kappa shape index (κ2) is 9.11. The molecule has 5 nitrogen and oxygen atoms in total. The number of ether oxygens (including phenoxy) is 4. The van der Waals surface area contributed by atoms with Crippen LogP contribution in [0.2, 0.25) is 0 Å². The molecule has 2 aromatic carbocycles. The fraction of sp³-hybridized carbons (Fsp3) is 0.455. The van der Waals surface area contributed by atoms with Crippen LogP contribution in [0.25, 0.3) is 0 Å². The molecule has 1 N–H and O–H groups in total. The molecule has 1 atom stereocenters. The molecule has 0 amide bonds. The van der Waals surface area contributed by atoms with Gasteiger partial charge < -0.3 is 24.3 Å². The molecule has 0 radical (unpaired) electrons. The van der Waals surface area contributed by atoms with Gasteiger partial charge in [-0.05, 0) is 43.0 Å². The molecule has 5 heteroatoms. The van der Waals surface area contributed by atoms with Crippen LogP contribution in [0.1, 0.15) is 18.4 Å². The Bertz CT molecular complexity index is 716. The van der Waals surface area contributed by atoms with Crippen molar-refractivity contribution in [2.75, 3.05) is 32.9 Å². The molecule has 0 spiro atoms. The summed E-state index contributed by atoms with van der Waals surface area (Å²) < 4.78 is 23.3. The van der Waals surface area contributed by atoms with Crippen molar-refractivity contribution in [1.82, 2.24) is 5.32 Å². The van der Waals surface area contributed by atoms with Crippen molar-refractivity contribution in [1.29, 1.82) is 0 Å². The van der Waals surface area contributed by atoms with Crippen LogP contribution >= 0.6 is 0 Å². The van der Waals surface area contributed by atoms with Gasteiger partial charge in [-0.15, -0.1) is 0 Å². The van der Waals surface area contributed by atoms with E-state index in [4.69, 9.17) is 18.9 Å². The molecule has 0 aliphatic carbocycles. The third-order valence-corrected chi connectivity index (χ3v) is 5.03. The predicted octanol–water partition coefficient (Wildman–Crippen LogP) is 3.42. The summed E-state index contributed by atoms with van der Waals surface area (Å²) in [5, 5.41) is 3.53. The van der Waals surface area contributed by atoms with Crippen molar-refractivity contribution in [2.24, 2.45) is 5.92 Å². The SMILES string of the molecule is c1ccc(COc2ccc3c(c2)OC(CNCC2CCOCC2)CO3)cc1. The minimum Gasteiger partial charge on any atom is -0.489 e. The molecule has 1 fully saturated rings. The molecule has 144 valence electrons. The minimum atomic E-state index is 0.0155. The number of hydrogen-bond acceptors (Lipinski definition) is 5. The van der Waals surface area contributed by atoms with Crippen LogP contribution in [-0.4, -0.2) is 39.0 Å². The maximum atomic E-state index is 6.12. The lowest BCUT2D eigenvalue weighted by Crippen LogP contribution is -2.40. The summed E-state index contributed by atoms with van der Waals surface area (Å²) in [5.41, 5.74) is 1.14. The fourth-order valence-electron chi connectivity index (χ4n) is 3.43. The van der Waals surface area contributed by atoms with Gasteiger partial charge in [0.1, 0.15) is 25.1 Å². The molecule has 1 unspecified atom stereocenters. The largest absolute Gasteiger partial charge is 0.489 e. The van der Waals surface area contributed by atoms with Crippen molar-refractivity contribution in [3.63, 3.8) is 0 Å². The summed E-state index contributed by atoms with van der Waals surface area (Å²) in [6.45, 7) is 4.67. The van der Waals surface area contributed by atoms with Gasteiger partial charge >= 0.3 is 0 Å². The van der Waals surface area contributed by atoms with Gasteiger partial charge in [-0.3, -0.25) is 0 Å². The molecule has 0 saturated carbocycles. The van der Waals surface area contributed by atoms with E-state index in [1.165, 1.54) is 0 Å². The number of nitrogens with one attached hydrogen (secondary N) is 1. The zero-order chi connectivity index (χ0) is 18.3. The highest BCUT2D eigenvalue weighted by Crippen LogP contribution is 2.35. The van der Waals surface area contributed by atoms with Gasteiger partial charge in [-0.1, -0.05) is 30.3 Å². The summed E-state index contributed by atoms with van der Waals surface area (Å²) in [5.74, 6) is 3.03. The summed E-state index contributed by atoms with van der Waals surface area (Å²) in [6, 6.07) is 15.9. The van der Waals surface area contributed by atoms with E-state index < -0.39 is 0 Å². The molecular weight excluding hydrogens is 342 g/mol. The summed E-state index contributed by atoms with van der Waals surface area (Å²) in [7, 11) is 0. The Kier molecular flexibility index (Phi) is 6.12. The molecular formula is C22H27NO4. The van der Waals surface area contributed by atoms with Crippen molar-refractivity contribution in [2.45, 2.75) is 25.6 Å². The molecule has 2 aliphatic heterocycles. The lowest BCUT2D eigenvalue weighted by Gasteiger charge is -2.28. The average molecular weight is 369 g/mol. The van der Waals surface area contributed by atoms with E-state index in [9.17, 15) is 0 Å². The zero-order valence-electron chi connectivity index (χ0n) is 15.6. The summed E-state index contributed by atoms with van der Waals surface area (Å²) >= 11 is 0. The zero-order valence-corrected chi connectivity index (χ0v) is 15.6. The lowest BCUT2D eigenvalue weighted by atomic mass is 10.0. The summed E-state index contributed by atoms with van der Waals surface area (Å²) in [4.78, 5) is 0. The van der Waals surface area contributed by atoms with E-state index in [0.29, 0.717) is 19.1 Å². The van der Waals surface area contributed by atoms with Crippen molar-refractivity contribution < 1.29 is 18.9 Å². The second-order valence-corrected chi connectivity index (χ2v) is 7.15. The monoisotopic (exact) mass is 369 g/mol. The first-order chi connectivity index (χ1) is 13.4. The first-order valence-electron chi connectivity index (χ1n) is 9.75. The fourth-order valence-corrected chi connectivity index (χ4v) is 3.43. The quantitative estimate of drug-likeness (QED) is 0.810. The van der Waals surface area contributed by atoms with Gasteiger partial charge in [0.05, 0.1) is 0 Å². The van der Waals surface area contributed by atoms with Gasteiger partial charge in [0.25, 0.3) is 0 Å². The first kappa shape index (κ1) is 18.1.